The predicted octanol–water partition coefficient (Wildman–Crippen LogP) is 2.58. The summed E-state index contributed by atoms with van der Waals surface area (Å²) in [5.74, 6) is -0.877. The van der Waals surface area contributed by atoms with Crippen molar-refractivity contribution in [2.24, 2.45) is 0 Å². The number of aliphatic carboxylic acids is 1. The maximum absolute atomic E-state index is 13.3. The maximum atomic E-state index is 13.3. The van der Waals surface area contributed by atoms with E-state index >= 15 is 0 Å². The minimum Gasteiger partial charge on any atom is -0.479 e. The van der Waals surface area contributed by atoms with Crippen LogP contribution in [-0.2, 0) is 4.79 Å². The van der Waals surface area contributed by atoms with Gasteiger partial charge in [0.2, 0.25) is 0 Å². The molecule has 0 fully saturated rings. The second-order valence-electron chi connectivity index (χ2n) is 5.20. The third kappa shape index (κ3) is 3.10. The molecule has 1 atom stereocenters. The van der Waals surface area contributed by atoms with Crippen molar-refractivity contribution >= 4 is 16.9 Å². The van der Waals surface area contributed by atoms with Crippen LogP contribution in [0.15, 0.2) is 47.3 Å². The number of ether oxygens (including phenoxy) is 1. The van der Waals surface area contributed by atoms with Gasteiger partial charge in [0, 0.05) is 11.6 Å². The number of carboxylic acid groups (broad SMARTS) is 1. The quantitative estimate of drug-likeness (QED) is 0.768. The first kappa shape index (κ1) is 15.7. The van der Waals surface area contributed by atoms with E-state index in [0.29, 0.717) is 16.7 Å². The summed E-state index contributed by atoms with van der Waals surface area (Å²) in [6.45, 7) is 1.42. The van der Waals surface area contributed by atoms with Crippen LogP contribution in [0.4, 0.5) is 4.39 Å². The average molecular weight is 328 g/mol. The summed E-state index contributed by atoms with van der Waals surface area (Å²) in [7, 11) is 0. The first-order chi connectivity index (χ1) is 11.4. The van der Waals surface area contributed by atoms with Gasteiger partial charge in [0.15, 0.2) is 6.10 Å². The number of nitrogens with zero attached hydrogens (tertiary/aromatic N) is 1. The Kier molecular flexibility index (Phi) is 3.99. The number of aromatic amines is 1. The van der Waals surface area contributed by atoms with Gasteiger partial charge in [-0.2, -0.15) is 0 Å². The summed E-state index contributed by atoms with van der Waals surface area (Å²) < 4.78 is 18.6. The molecule has 122 valence electrons. The Balaban J connectivity index is 1.96. The summed E-state index contributed by atoms with van der Waals surface area (Å²) >= 11 is 0. The van der Waals surface area contributed by atoms with E-state index in [0.717, 1.165) is 0 Å². The highest BCUT2D eigenvalue weighted by Gasteiger charge is 2.12. The zero-order valence-corrected chi connectivity index (χ0v) is 12.6. The van der Waals surface area contributed by atoms with Crippen molar-refractivity contribution in [2.75, 3.05) is 0 Å². The molecule has 2 N–H and O–H groups in total. The number of carbonyl (C=O) groups is 1. The third-order valence-electron chi connectivity index (χ3n) is 3.46. The molecule has 0 saturated carbocycles. The molecule has 1 aromatic heterocycles. The van der Waals surface area contributed by atoms with Crippen LogP contribution in [0.5, 0.6) is 5.75 Å². The van der Waals surface area contributed by atoms with Gasteiger partial charge < -0.3 is 14.8 Å². The number of nitrogens with one attached hydrogen (secondary N) is 1. The highest BCUT2D eigenvalue weighted by Crippen LogP contribution is 2.21. The summed E-state index contributed by atoms with van der Waals surface area (Å²) in [4.78, 5) is 29.7. The lowest BCUT2D eigenvalue weighted by atomic mass is 10.2. The van der Waals surface area contributed by atoms with Gasteiger partial charge in [0.05, 0.1) is 10.9 Å². The van der Waals surface area contributed by atoms with E-state index in [1.807, 2.05) is 0 Å². The van der Waals surface area contributed by atoms with E-state index in [4.69, 9.17) is 9.84 Å². The van der Waals surface area contributed by atoms with Gasteiger partial charge >= 0.3 is 5.97 Å². The molecular formula is C17H13FN2O4. The van der Waals surface area contributed by atoms with Crippen molar-refractivity contribution in [1.82, 2.24) is 9.97 Å². The van der Waals surface area contributed by atoms with Gasteiger partial charge in [-0.05, 0) is 43.3 Å². The van der Waals surface area contributed by atoms with Crippen LogP contribution < -0.4 is 10.3 Å². The van der Waals surface area contributed by atoms with Gasteiger partial charge in [-0.25, -0.2) is 14.2 Å². The molecular weight excluding hydrogens is 315 g/mol. The van der Waals surface area contributed by atoms with Gasteiger partial charge in [-0.1, -0.05) is 0 Å². The van der Waals surface area contributed by atoms with Crippen LogP contribution in [0.3, 0.4) is 0 Å². The van der Waals surface area contributed by atoms with E-state index in [1.165, 1.54) is 25.1 Å². The Bertz CT molecular complexity index is 966. The molecule has 0 aliphatic carbocycles. The third-order valence-corrected chi connectivity index (χ3v) is 3.46. The predicted molar refractivity (Wildman–Crippen MR) is 85.5 cm³/mol. The lowest BCUT2D eigenvalue weighted by Gasteiger charge is -2.10. The number of fused-ring (bicyclic) bond motifs is 1. The smallest absolute Gasteiger partial charge is 0.344 e. The lowest BCUT2D eigenvalue weighted by Crippen LogP contribution is -2.22. The Hall–Kier alpha value is -3.22. The minimum absolute atomic E-state index is 0.258. The number of aromatic nitrogens is 2. The molecule has 24 heavy (non-hydrogen) atoms. The minimum atomic E-state index is -1.07. The second kappa shape index (κ2) is 6.11. The van der Waals surface area contributed by atoms with Crippen LogP contribution in [0.25, 0.3) is 22.3 Å². The zero-order valence-electron chi connectivity index (χ0n) is 12.6. The molecule has 0 bridgehead atoms. The number of halogens is 1. The Morgan fingerprint density at radius 1 is 1.25 bits per heavy atom. The first-order valence-electron chi connectivity index (χ1n) is 7.13. The molecule has 2 aromatic carbocycles. The molecule has 3 aromatic rings. The number of carboxylic acids is 1. The summed E-state index contributed by atoms with van der Waals surface area (Å²) in [5.41, 5.74) is 0.483. The number of benzene rings is 2. The van der Waals surface area contributed by atoms with Gasteiger partial charge in [-0.3, -0.25) is 4.79 Å². The van der Waals surface area contributed by atoms with Crippen LogP contribution in [0, 0.1) is 5.82 Å². The van der Waals surface area contributed by atoms with Crippen molar-refractivity contribution in [2.45, 2.75) is 13.0 Å². The van der Waals surface area contributed by atoms with E-state index in [-0.39, 0.29) is 16.9 Å². The average Bonchev–Trinajstić information content (AvgIpc) is 2.54. The lowest BCUT2D eigenvalue weighted by molar-refractivity contribution is -0.144. The summed E-state index contributed by atoms with van der Waals surface area (Å²) in [6, 6.07) is 10.2. The molecule has 0 aliphatic heterocycles. The number of hydrogen-bond donors (Lipinski definition) is 2. The van der Waals surface area contributed by atoms with Crippen LogP contribution >= 0.6 is 0 Å². The topological polar surface area (TPSA) is 92.3 Å². The van der Waals surface area contributed by atoms with Gasteiger partial charge in [0.25, 0.3) is 5.56 Å². The highest BCUT2D eigenvalue weighted by atomic mass is 19.1. The fourth-order valence-electron chi connectivity index (χ4n) is 2.20. The van der Waals surface area contributed by atoms with Crippen LogP contribution in [0.2, 0.25) is 0 Å². The highest BCUT2D eigenvalue weighted by molar-refractivity contribution is 5.79. The number of H-pyrrole nitrogens is 1. The normalized spacial score (nSPS) is 12.1. The van der Waals surface area contributed by atoms with E-state index < -0.39 is 17.9 Å². The summed E-state index contributed by atoms with van der Waals surface area (Å²) in [5, 5.41) is 9.13. The molecule has 6 nitrogen and oxygen atoms in total. The Morgan fingerprint density at radius 2 is 1.96 bits per heavy atom. The zero-order chi connectivity index (χ0) is 17.3. The van der Waals surface area contributed by atoms with Gasteiger partial charge in [0.1, 0.15) is 17.4 Å². The standard InChI is InChI=1S/C17H13FN2O4/c1-9(17(22)23)24-12-5-2-10(3-6-12)15-19-14-8-11(18)4-7-13(14)16(21)20-15/h2-9H,1H3,(H,22,23)(H,19,20,21). The van der Waals surface area contributed by atoms with Crippen molar-refractivity contribution in [3.8, 4) is 17.1 Å². The Morgan fingerprint density at radius 3 is 2.62 bits per heavy atom. The number of rotatable bonds is 4. The maximum Gasteiger partial charge on any atom is 0.344 e. The molecule has 0 radical (unpaired) electrons. The van der Waals surface area contributed by atoms with Crippen molar-refractivity contribution in [1.29, 1.82) is 0 Å². The molecule has 0 aliphatic rings. The first-order valence-corrected chi connectivity index (χ1v) is 7.13. The van der Waals surface area contributed by atoms with E-state index in [9.17, 15) is 14.0 Å². The fourth-order valence-corrected chi connectivity index (χ4v) is 2.20. The van der Waals surface area contributed by atoms with Crippen molar-refractivity contribution < 1.29 is 19.0 Å². The second-order valence-corrected chi connectivity index (χ2v) is 5.20. The van der Waals surface area contributed by atoms with Crippen molar-refractivity contribution in [3.63, 3.8) is 0 Å². The van der Waals surface area contributed by atoms with Crippen LogP contribution in [0.1, 0.15) is 6.92 Å². The summed E-state index contributed by atoms with van der Waals surface area (Å²) in [6.07, 6.45) is -0.975. The molecule has 0 spiro atoms. The molecule has 7 heteroatoms. The molecule has 0 amide bonds. The monoisotopic (exact) mass is 328 g/mol. The van der Waals surface area contributed by atoms with E-state index in [2.05, 4.69) is 9.97 Å². The van der Waals surface area contributed by atoms with Crippen LogP contribution in [-0.4, -0.2) is 27.1 Å². The van der Waals surface area contributed by atoms with Gasteiger partial charge in [-0.15, -0.1) is 0 Å². The Labute approximate surface area is 135 Å². The fraction of sp³-hybridized carbons (Fsp3) is 0.118. The van der Waals surface area contributed by atoms with E-state index in [1.54, 1.807) is 24.3 Å². The molecule has 0 saturated heterocycles. The number of hydrogen-bond acceptors (Lipinski definition) is 4. The van der Waals surface area contributed by atoms with Crippen molar-refractivity contribution in [3.05, 3.63) is 58.6 Å². The molecule has 1 heterocycles. The SMILES string of the molecule is CC(Oc1ccc(-c2nc3cc(F)ccc3c(=O)[nH]2)cc1)C(=O)O. The molecule has 3 rings (SSSR count). The largest absolute Gasteiger partial charge is 0.479 e. The molecule has 1 unspecified atom stereocenters.